The first-order valence-corrected chi connectivity index (χ1v) is 9.05. The third kappa shape index (κ3) is 5.49. The maximum atomic E-state index is 12.5. The summed E-state index contributed by atoms with van der Waals surface area (Å²) in [6.45, 7) is 2.52. The number of amides is 3. The van der Waals surface area contributed by atoms with E-state index < -0.39 is 18.2 Å². The number of carbonyl (C=O) groups is 3. The van der Waals surface area contributed by atoms with Crippen molar-refractivity contribution in [1.29, 1.82) is 0 Å². The molecule has 3 rings (SSSR count). The number of carboxylic acid groups (broad SMARTS) is 1. The molecule has 0 radical (unpaired) electrons. The monoisotopic (exact) mass is 412 g/mol. The van der Waals surface area contributed by atoms with Crippen molar-refractivity contribution in [3.05, 3.63) is 30.3 Å². The molecule has 9 nitrogen and oxygen atoms in total. The van der Waals surface area contributed by atoms with Crippen LogP contribution >= 0.6 is 12.4 Å². The minimum absolute atomic E-state index is 0. The van der Waals surface area contributed by atoms with E-state index in [4.69, 9.17) is 4.74 Å². The minimum atomic E-state index is -1.53. The summed E-state index contributed by atoms with van der Waals surface area (Å²) in [5.41, 5.74) is 0. The van der Waals surface area contributed by atoms with Crippen LogP contribution in [-0.2, 0) is 9.59 Å². The third-order valence-electron chi connectivity index (χ3n) is 4.77. The van der Waals surface area contributed by atoms with Crippen molar-refractivity contribution in [2.75, 3.05) is 32.7 Å². The summed E-state index contributed by atoms with van der Waals surface area (Å²) >= 11 is 0. The third-order valence-corrected chi connectivity index (χ3v) is 4.77. The van der Waals surface area contributed by atoms with Crippen molar-refractivity contribution in [2.45, 2.75) is 25.1 Å². The van der Waals surface area contributed by atoms with Crippen LogP contribution in [0, 0.1) is 0 Å². The lowest BCUT2D eigenvalue weighted by atomic mass is 10.0. The maximum absolute atomic E-state index is 12.5. The SMILES string of the molecule is Cl.O=C(O)C(NC(=O)N1CCN(C2CCNCC2)C(=O)C1)Oc1ccccc1. The average molecular weight is 413 g/mol. The predicted molar refractivity (Wildman–Crippen MR) is 103 cm³/mol. The zero-order chi connectivity index (χ0) is 19.2. The molecule has 3 N–H and O–H groups in total. The van der Waals surface area contributed by atoms with Gasteiger partial charge in [-0.05, 0) is 38.1 Å². The fraction of sp³-hybridized carbons (Fsp3) is 0.500. The molecule has 2 aliphatic rings. The quantitative estimate of drug-likeness (QED) is 0.607. The lowest BCUT2D eigenvalue weighted by molar-refractivity contribution is -0.146. The summed E-state index contributed by atoms with van der Waals surface area (Å²) in [7, 11) is 0. The van der Waals surface area contributed by atoms with Gasteiger partial charge in [0.1, 0.15) is 12.3 Å². The van der Waals surface area contributed by atoms with Gasteiger partial charge in [-0.1, -0.05) is 18.2 Å². The molecular formula is C18H25ClN4O5. The number of urea groups is 1. The molecule has 28 heavy (non-hydrogen) atoms. The summed E-state index contributed by atoms with van der Waals surface area (Å²) < 4.78 is 5.32. The standard InChI is InChI=1S/C18H24N4O5.ClH/c23-15-12-21(10-11-22(15)13-6-8-19-9-7-13)18(26)20-16(17(24)25)27-14-4-2-1-3-5-14;/h1-5,13,16,19H,6-12H2,(H,20,26)(H,24,25);1H. The van der Waals surface area contributed by atoms with Crippen molar-refractivity contribution in [2.24, 2.45) is 0 Å². The molecule has 3 amide bonds. The molecule has 0 bridgehead atoms. The Hall–Kier alpha value is -2.52. The highest BCUT2D eigenvalue weighted by atomic mass is 35.5. The zero-order valence-electron chi connectivity index (χ0n) is 15.4. The van der Waals surface area contributed by atoms with E-state index >= 15 is 0 Å². The number of ether oxygens (including phenoxy) is 1. The van der Waals surface area contributed by atoms with E-state index in [2.05, 4.69) is 10.6 Å². The Morgan fingerprint density at radius 3 is 2.46 bits per heavy atom. The van der Waals surface area contributed by atoms with E-state index in [9.17, 15) is 19.5 Å². The van der Waals surface area contributed by atoms with Gasteiger partial charge in [0.05, 0.1) is 0 Å². The van der Waals surface area contributed by atoms with Crippen LogP contribution in [0.15, 0.2) is 30.3 Å². The topological polar surface area (TPSA) is 111 Å². The fourth-order valence-corrected chi connectivity index (χ4v) is 3.34. The normalized spacial score (nSPS) is 18.8. The number of piperazine rings is 1. The van der Waals surface area contributed by atoms with Crippen molar-refractivity contribution < 1.29 is 24.2 Å². The van der Waals surface area contributed by atoms with Gasteiger partial charge in [0.2, 0.25) is 5.91 Å². The Kier molecular flexibility index (Phi) is 7.89. The van der Waals surface area contributed by atoms with E-state index in [0.717, 1.165) is 25.9 Å². The zero-order valence-corrected chi connectivity index (χ0v) is 16.2. The Balaban J connectivity index is 0.00000280. The summed E-state index contributed by atoms with van der Waals surface area (Å²) in [4.78, 5) is 39.4. The van der Waals surface area contributed by atoms with Crippen molar-refractivity contribution >= 4 is 30.3 Å². The van der Waals surface area contributed by atoms with E-state index in [0.29, 0.717) is 18.8 Å². The van der Waals surface area contributed by atoms with Crippen LogP contribution in [0.5, 0.6) is 5.75 Å². The lowest BCUT2D eigenvalue weighted by Gasteiger charge is -2.40. The number of para-hydroxylation sites is 1. The first kappa shape index (κ1) is 21.8. The van der Waals surface area contributed by atoms with Gasteiger partial charge in [-0.25, -0.2) is 9.59 Å². The molecule has 10 heteroatoms. The number of aliphatic carboxylic acids is 1. The predicted octanol–water partition coefficient (Wildman–Crippen LogP) is 0.504. The molecule has 0 aliphatic carbocycles. The molecule has 0 spiro atoms. The number of halogens is 1. The van der Waals surface area contributed by atoms with Gasteiger partial charge in [-0.15, -0.1) is 12.4 Å². The van der Waals surface area contributed by atoms with Gasteiger partial charge in [-0.3, -0.25) is 10.1 Å². The first-order chi connectivity index (χ1) is 13.0. The summed E-state index contributed by atoms with van der Waals surface area (Å²) in [5.74, 6) is -1.09. The van der Waals surface area contributed by atoms with Crippen LogP contribution < -0.4 is 15.4 Å². The number of hydrogen-bond donors (Lipinski definition) is 3. The molecule has 0 aromatic heterocycles. The molecule has 1 aromatic rings. The molecule has 1 atom stereocenters. The molecule has 0 saturated carbocycles. The van der Waals surface area contributed by atoms with Gasteiger partial charge in [0, 0.05) is 19.1 Å². The largest absolute Gasteiger partial charge is 0.477 e. The van der Waals surface area contributed by atoms with Crippen molar-refractivity contribution in [1.82, 2.24) is 20.4 Å². The molecule has 1 unspecified atom stereocenters. The second-order valence-corrected chi connectivity index (χ2v) is 6.59. The van der Waals surface area contributed by atoms with Crippen molar-refractivity contribution in [3.8, 4) is 5.75 Å². The number of rotatable bonds is 5. The van der Waals surface area contributed by atoms with Crippen LogP contribution in [0.2, 0.25) is 0 Å². The van der Waals surface area contributed by atoms with Crippen LogP contribution in [-0.4, -0.2) is 77.8 Å². The van der Waals surface area contributed by atoms with E-state index in [-0.39, 0.29) is 30.9 Å². The number of carboxylic acids is 1. The van der Waals surface area contributed by atoms with Gasteiger partial charge in [-0.2, -0.15) is 0 Å². The number of hydrogen-bond acceptors (Lipinski definition) is 5. The molecular weight excluding hydrogens is 388 g/mol. The first-order valence-electron chi connectivity index (χ1n) is 9.05. The van der Waals surface area contributed by atoms with Gasteiger partial charge in [0.25, 0.3) is 6.23 Å². The van der Waals surface area contributed by atoms with Crippen LogP contribution in [0.3, 0.4) is 0 Å². The summed E-state index contributed by atoms with van der Waals surface area (Å²) in [6, 6.07) is 7.96. The minimum Gasteiger partial charge on any atom is -0.477 e. The number of nitrogens with zero attached hydrogens (tertiary/aromatic N) is 2. The second-order valence-electron chi connectivity index (χ2n) is 6.59. The summed E-state index contributed by atoms with van der Waals surface area (Å²) in [5, 5.41) is 14.9. The van der Waals surface area contributed by atoms with E-state index in [1.54, 1.807) is 30.3 Å². The molecule has 154 valence electrons. The van der Waals surface area contributed by atoms with Crippen molar-refractivity contribution in [3.63, 3.8) is 0 Å². The number of benzene rings is 1. The Morgan fingerprint density at radius 2 is 1.86 bits per heavy atom. The number of piperidine rings is 1. The summed E-state index contributed by atoms with van der Waals surface area (Å²) in [6.07, 6.45) is 0.283. The van der Waals surface area contributed by atoms with E-state index in [1.165, 1.54) is 4.90 Å². The Morgan fingerprint density at radius 1 is 1.18 bits per heavy atom. The highest BCUT2D eigenvalue weighted by Crippen LogP contribution is 2.16. The highest BCUT2D eigenvalue weighted by molar-refractivity contribution is 5.87. The molecule has 2 fully saturated rings. The lowest BCUT2D eigenvalue weighted by Crippen LogP contribution is -2.60. The second kappa shape index (κ2) is 10.1. The molecule has 2 heterocycles. The van der Waals surface area contributed by atoms with Gasteiger partial charge >= 0.3 is 12.0 Å². The van der Waals surface area contributed by atoms with Gasteiger partial charge < -0.3 is 25.0 Å². The Labute approximate surface area is 169 Å². The highest BCUT2D eigenvalue weighted by Gasteiger charge is 2.33. The maximum Gasteiger partial charge on any atom is 0.366 e. The molecule has 1 aromatic carbocycles. The van der Waals surface area contributed by atoms with Crippen LogP contribution in [0.1, 0.15) is 12.8 Å². The van der Waals surface area contributed by atoms with Crippen LogP contribution in [0.25, 0.3) is 0 Å². The fourth-order valence-electron chi connectivity index (χ4n) is 3.34. The Bertz CT molecular complexity index is 684. The number of carbonyl (C=O) groups excluding carboxylic acids is 2. The smallest absolute Gasteiger partial charge is 0.366 e. The average Bonchev–Trinajstić information content (AvgIpc) is 2.68. The number of nitrogens with one attached hydrogen (secondary N) is 2. The van der Waals surface area contributed by atoms with Gasteiger partial charge in [0.15, 0.2) is 0 Å². The van der Waals surface area contributed by atoms with Crippen LogP contribution in [0.4, 0.5) is 4.79 Å². The van der Waals surface area contributed by atoms with E-state index in [1.807, 2.05) is 4.90 Å². The molecule has 2 aliphatic heterocycles. The molecule has 2 saturated heterocycles.